The van der Waals surface area contributed by atoms with Gasteiger partial charge in [-0.05, 0) is 80.4 Å². The maximum absolute atomic E-state index is 15.8. The number of carbonyl (C=O) groups is 1. The van der Waals surface area contributed by atoms with E-state index in [9.17, 15) is 23.1 Å². The van der Waals surface area contributed by atoms with Crippen molar-refractivity contribution in [3.05, 3.63) is 65.1 Å². The van der Waals surface area contributed by atoms with Crippen LogP contribution in [0.15, 0.2) is 36.5 Å². The Morgan fingerprint density at radius 1 is 1.18 bits per heavy atom. The van der Waals surface area contributed by atoms with Crippen LogP contribution in [0, 0.1) is 29.8 Å². The van der Waals surface area contributed by atoms with Crippen molar-refractivity contribution in [1.29, 1.82) is 0 Å². The molecule has 1 aromatic heterocycles. The number of pyridine rings is 1. The largest absolute Gasteiger partial charge is 0.497 e. The number of aliphatic carboxylic acids is 1. The Labute approximate surface area is 225 Å². The van der Waals surface area contributed by atoms with Gasteiger partial charge in [0, 0.05) is 36.8 Å². The van der Waals surface area contributed by atoms with E-state index in [1.807, 2.05) is 6.92 Å². The highest BCUT2D eigenvalue weighted by Gasteiger charge is 2.37. The quantitative estimate of drug-likeness (QED) is 0.270. The van der Waals surface area contributed by atoms with Gasteiger partial charge < -0.3 is 20.1 Å². The third-order valence-electron chi connectivity index (χ3n) is 7.74. The number of halogens is 4. The standard InChI is InChI=1S/C29H33F4N3O3/c1-18-17-35-25-4-3-20(39-2)15-21(25)27(18)22(31)5-6-29(16-26(37)38)7-10-36(11-8-29)12-9-34-28-23(32)13-19(30)14-24(28)33/h3-4,13-15,17,22,34H,5-12,16H2,1-2H3,(H,37,38). The number of nitrogens with zero attached hydrogens (tertiary/aromatic N) is 2. The van der Waals surface area contributed by atoms with E-state index in [2.05, 4.69) is 15.2 Å². The molecule has 10 heteroatoms. The first-order chi connectivity index (χ1) is 18.6. The lowest BCUT2D eigenvalue weighted by Crippen LogP contribution is -2.43. The number of ether oxygens (including phenoxy) is 1. The van der Waals surface area contributed by atoms with Crippen molar-refractivity contribution in [2.24, 2.45) is 5.41 Å². The summed E-state index contributed by atoms with van der Waals surface area (Å²) in [5, 5.41) is 13.0. The Balaban J connectivity index is 1.39. The summed E-state index contributed by atoms with van der Waals surface area (Å²) in [4.78, 5) is 18.2. The molecule has 39 heavy (non-hydrogen) atoms. The Bertz CT molecular complexity index is 1310. The first-order valence-electron chi connectivity index (χ1n) is 13.0. The number of piperidine rings is 1. The van der Waals surface area contributed by atoms with Gasteiger partial charge in [0.15, 0.2) is 11.6 Å². The lowest BCUT2D eigenvalue weighted by molar-refractivity contribution is -0.141. The highest BCUT2D eigenvalue weighted by molar-refractivity contribution is 5.85. The molecule has 1 aliphatic rings. The van der Waals surface area contributed by atoms with E-state index in [1.165, 1.54) is 0 Å². The summed E-state index contributed by atoms with van der Waals surface area (Å²) in [6.07, 6.45) is 2.02. The van der Waals surface area contributed by atoms with Crippen molar-refractivity contribution >= 4 is 22.6 Å². The molecule has 4 rings (SSSR count). The van der Waals surface area contributed by atoms with Gasteiger partial charge in [0.05, 0.1) is 19.0 Å². The fourth-order valence-corrected chi connectivity index (χ4v) is 5.55. The van der Waals surface area contributed by atoms with Gasteiger partial charge in [0.2, 0.25) is 0 Å². The number of benzene rings is 2. The average Bonchev–Trinajstić information content (AvgIpc) is 2.89. The molecule has 1 unspecified atom stereocenters. The minimum absolute atomic E-state index is 0.0539. The maximum atomic E-state index is 15.8. The number of carboxylic acid groups (broad SMARTS) is 1. The van der Waals surface area contributed by atoms with Crippen LogP contribution in [0.1, 0.15) is 49.4 Å². The van der Waals surface area contributed by atoms with E-state index in [4.69, 9.17) is 4.74 Å². The van der Waals surface area contributed by atoms with Crippen molar-refractivity contribution in [1.82, 2.24) is 9.88 Å². The van der Waals surface area contributed by atoms with Crippen LogP contribution in [-0.2, 0) is 4.79 Å². The zero-order valence-electron chi connectivity index (χ0n) is 22.1. The molecule has 0 aliphatic carbocycles. The molecule has 0 radical (unpaired) electrons. The fraction of sp³-hybridized carbons (Fsp3) is 0.448. The molecule has 3 aromatic rings. The molecule has 1 fully saturated rings. The van der Waals surface area contributed by atoms with Crippen LogP contribution < -0.4 is 10.1 Å². The first kappa shape index (κ1) is 28.6. The minimum Gasteiger partial charge on any atom is -0.497 e. The zero-order chi connectivity index (χ0) is 28.2. The normalized spacial score (nSPS) is 16.3. The molecule has 2 heterocycles. The van der Waals surface area contributed by atoms with E-state index >= 15 is 4.39 Å². The number of fused-ring (bicyclic) bond motifs is 1. The highest BCUT2D eigenvalue weighted by Crippen LogP contribution is 2.43. The second kappa shape index (κ2) is 12.2. The number of methoxy groups -OCH3 is 1. The van der Waals surface area contributed by atoms with Gasteiger partial charge in [-0.2, -0.15) is 0 Å². The lowest BCUT2D eigenvalue weighted by atomic mass is 9.71. The van der Waals surface area contributed by atoms with Gasteiger partial charge in [-0.25, -0.2) is 17.6 Å². The summed E-state index contributed by atoms with van der Waals surface area (Å²) < 4.78 is 62.0. The second-order valence-corrected chi connectivity index (χ2v) is 10.3. The topological polar surface area (TPSA) is 74.7 Å². The molecular weight excluding hydrogens is 514 g/mol. The molecule has 1 saturated heterocycles. The predicted octanol–water partition coefficient (Wildman–Crippen LogP) is 6.43. The Hall–Kier alpha value is -3.40. The van der Waals surface area contributed by atoms with E-state index in [0.717, 1.165) is 5.56 Å². The van der Waals surface area contributed by atoms with Crippen LogP contribution in [-0.4, -0.2) is 54.2 Å². The number of hydrogen-bond acceptors (Lipinski definition) is 5. The second-order valence-electron chi connectivity index (χ2n) is 10.3. The number of carboxylic acids is 1. The van der Waals surface area contributed by atoms with Crippen LogP contribution in [0.4, 0.5) is 23.2 Å². The maximum Gasteiger partial charge on any atom is 0.303 e. The first-order valence-corrected chi connectivity index (χ1v) is 13.0. The number of likely N-dealkylation sites (tertiary alicyclic amines) is 1. The molecule has 0 saturated carbocycles. The van der Waals surface area contributed by atoms with Crippen molar-refractivity contribution in [3.63, 3.8) is 0 Å². The number of rotatable bonds is 11. The monoisotopic (exact) mass is 547 g/mol. The van der Waals surface area contributed by atoms with Crippen molar-refractivity contribution < 1.29 is 32.2 Å². The van der Waals surface area contributed by atoms with Crippen molar-refractivity contribution in [2.75, 3.05) is 38.6 Å². The molecule has 0 bridgehead atoms. The molecule has 1 aliphatic heterocycles. The van der Waals surface area contributed by atoms with Gasteiger partial charge in [-0.3, -0.25) is 9.78 Å². The van der Waals surface area contributed by atoms with Crippen molar-refractivity contribution in [2.45, 2.75) is 45.2 Å². The third kappa shape index (κ3) is 6.79. The molecule has 2 N–H and O–H groups in total. The van der Waals surface area contributed by atoms with E-state index < -0.39 is 35.0 Å². The van der Waals surface area contributed by atoms with Crippen LogP contribution >= 0.6 is 0 Å². The summed E-state index contributed by atoms with van der Waals surface area (Å²) >= 11 is 0. The lowest BCUT2D eigenvalue weighted by Gasteiger charge is -2.41. The van der Waals surface area contributed by atoms with Crippen LogP contribution in [0.3, 0.4) is 0 Å². The number of anilines is 1. The van der Waals surface area contributed by atoms with Gasteiger partial charge in [-0.1, -0.05) is 0 Å². The Kier molecular flexibility index (Phi) is 8.94. The van der Waals surface area contributed by atoms with E-state index in [0.29, 0.717) is 73.2 Å². The SMILES string of the molecule is COc1ccc2ncc(C)c(C(F)CCC3(CC(=O)O)CCN(CCNc4c(F)cc(F)cc4F)CC3)c2c1. The number of hydrogen-bond donors (Lipinski definition) is 2. The van der Waals surface area contributed by atoms with Crippen LogP contribution in [0.2, 0.25) is 0 Å². The fourth-order valence-electron chi connectivity index (χ4n) is 5.55. The number of aryl methyl sites for hydroxylation is 1. The van der Waals surface area contributed by atoms with Crippen LogP contribution in [0.25, 0.3) is 10.9 Å². The average molecular weight is 548 g/mol. The Morgan fingerprint density at radius 3 is 2.51 bits per heavy atom. The number of nitrogens with one attached hydrogen (secondary N) is 1. The minimum atomic E-state index is -1.30. The van der Waals surface area contributed by atoms with Gasteiger partial charge in [0.25, 0.3) is 0 Å². The summed E-state index contributed by atoms with van der Waals surface area (Å²) in [6, 6.07) is 6.59. The summed E-state index contributed by atoms with van der Waals surface area (Å²) in [7, 11) is 1.55. The Morgan fingerprint density at radius 2 is 1.87 bits per heavy atom. The highest BCUT2D eigenvalue weighted by atomic mass is 19.1. The van der Waals surface area contributed by atoms with E-state index in [-0.39, 0.29) is 25.1 Å². The van der Waals surface area contributed by atoms with Crippen molar-refractivity contribution in [3.8, 4) is 5.75 Å². The van der Waals surface area contributed by atoms with Crippen LogP contribution in [0.5, 0.6) is 5.75 Å². The third-order valence-corrected chi connectivity index (χ3v) is 7.74. The molecule has 2 aromatic carbocycles. The number of aromatic nitrogens is 1. The molecule has 6 nitrogen and oxygen atoms in total. The molecular formula is C29H33F4N3O3. The summed E-state index contributed by atoms with van der Waals surface area (Å²) in [6.45, 7) is 3.67. The molecule has 0 amide bonds. The molecule has 1 atom stereocenters. The zero-order valence-corrected chi connectivity index (χ0v) is 22.1. The van der Waals surface area contributed by atoms with Gasteiger partial charge in [-0.15, -0.1) is 0 Å². The van der Waals surface area contributed by atoms with E-state index in [1.54, 1.807) is 31.5 Å². The smallest absolute Gasteiger partial charge is 0.303 e. The summed E-state index contributed by atoms with van der Waals surface area (Å²) in [5.41, 5.74) is 1.02. The molecule has 210 valence electrons. The summed E-state index contributed by atoms with van der Waals surface area (Å²) in [5.74, 6) is -3.29. The number of alkyl halides is 1. The van der Waals surface area contributed by atoms with Gasteiger partial charge in [0.1, 0.15) is 23.4 Å². The molecule has 0 spiro atoms. The predicted molar refractivity (Wildman–Crippen MR) is 141 cm³/mol. The van der Waals surface area contributed by atoms with Gasteiger partial charge >= 0.3 is 5.97 Å².